The summed E-state index contributed by atoms with van der Waals surface area (Å²) in [6.45, 7) is 5.74. The minimum Gasteiger partial charge on any atom is -0.451 e. The van der Waals surface area contributed by atoms with Crippen molar-refractivity contribution in [1.82, 2.24) is 20.6 Å². The van der Waals surface area contributed by atoms with Crippen LogP contribution in [0.15, 0.2) is 24.3 Å². The van der Waals surface area contributed by atoms with Crippen LogP contribution in [-0.4, -0.2) is 68.0 Å². The number of benzene rings is 1. The first-order valence-corrected chi connectivity index (χ1v) is 14.2. The Labute approximate surface area is 227 Å². The number of methoxy groups -OCH3 is 1. The number of rotatable bonds is 10. The van der Waals surface area contributed by atoms with Crippen molar-refractivity contribution in [1.29, 1.82) is 0 Å². The highest BCUT2D eigenvalue weighted by Gasteiger charge is 2.35. The third-order valence-corrected chi connectivity index (χ3v) is 7.76. The molecular weight excluding hydrogens is 492 g/mol. The zero-order chi connectivity index (χ0) is 26.8. The second-order valence-corrected chi connectivity index (χ2v) is 11.2. The molecule has 0 aromatic heterocycles. The van der Waals surface area contributed by atoms with Crippen molar-refractivity contribution in [3.05, 3.63) is 34.9 Å². The van der Waals surface area contributed by atoms with Crippen LogP contribution in [0.4, 0.5) is 9.59 Å². The van der Waals surface area contributed by atoms with Crippen molar-refractivity contribution in [2.45, 2.75) is 83.4 Å². The number of halogens is 1. The molecule has 8 nitrogen and oxygen atoms in total. The molecule has 0 radical (unpaired) electrons. The number of carbonyl (C=O) groups is 2. The molecule has 1 aliphatic heterocycles. The highest BCUT2D eigenvalue weighted by Crippen LogP contribution is 2.35. The van der Waals surface area contributed by atoms with Crippen LogP contribution >= 0.6 is 11.6 Å². The fourth-order valence-electron chi connectivity index (χ4n) is 5.66. The lowest BCUT2D eigenvalue weighted by molar-refractivity contribution is -0.209. The van der Waals surface area contributed by atoms with Gasteiger partial charge in [-0.15, -0.1) is 0 Å². The third-order valence-electron chi connectivity index (χ3n) is 7.52. The Morgan fingerprint density at radius 3 is 2.57 bits per heavy atom. The van der Waals surface area contributed by atoms with Gasteiger partial charge in [0.1, 0.15) is 6.10 Å². The SMILES string of the molecule is CNC[C@H](CC1CCCCC1)NC(=O)N1CCC[C@@H]([C@@H](ON(C(=O)OC)C(C)C)c2cccc(Cl)c2)C1. The molecule has 2 fully saturated rings. The monoisotopic (exact) mass is 536 g/mol. The summed E-state index contributed by atoms with van der Waals surface area (Å²) in [5, 5.41) is 8.44. The number of amides is 3. The number of ether oxygens (including phenoxy) is 1. The molecule has 0 bridgehead atoms. The first-order chi connectivity index (χ1) is 17.8. The van der Waals surface area contributed by atoms with Gasteiger partial charge in [0.15, 0.2) is 0 Å². The third kappa shape index (κ3) is 8.76. The lowest BCUT2D eigenvalue weighted by Crippen LogP contribution is -2.52. The van der Waals surface area contributed by atoms with Crippen molar-refractivity contribution in [2.75, 3.05) is 33.8 Å². The Morgan fingerprint density at radius 1 is 1.16 bits per heavy atom. The van der Waals surface area contributed by atoms with Gasteiger partial charge in [-0.05, 0) is 63.8 Å². The van der Waals surface area contributed by atoms with E-state index in [2.05, 4.69) is 10.6 Å². The number of likely N-dealkylation sites (N-methyl/N-ethyl adjacent to an activating group) is 1. The average Bonchev–Trinajstić information content (AvgIpc) is 2.89. The van der Waals surface area contributed by atoms with Crippen LogP contribution in [0.3, 0.4) is 0 Å². The first-order valence-electron chi connectivity index (χ1n) is 13.8. The number of nitrogens with zero attached hydrogens (tertiary/aromatic N) is 2. The summed E-state index contributed by atoms with van der Waals surface area (Å²) in [4.78, 5) is 34.1. The van der Waals surface area contributed by atoms with Crippen molar-refractivity contribution >= 4 is 23.7 Å². The summed E-state index contributed by atoms with van der Waals surface area (Å²) in [5.74, 6) is 0.674. The minimum absolute atomic E-state index is 0.00929. The number of hydrogen-bond acceptors (Lipinski definition) is 5. The van der Waals surface area contributed by atoms with Crippen LogP contribution in [0.25, 0.3) is 0 Å². The lowest BCUT2D eigenvalue weighted by Gasteiger charge is -2.39. The maximum Gasteiger partial charge on any atom is 0.433 e. The quantitative estimate of drug-likeness (QED) is 0.371. The van der Waals surface area contributed by atoms with Crippen molar-refractivity contribution in [2.24, 2.45) is 11.8 Å². The van der Waals surface area contributed by atoms with E-state index < -0.39 is 12.2 Å². The van der Waals surface area contributed by atoms with E-state index in [1.54, 1.807) is 0 Å². The summed E-state index contributed by atoms with van der Waals surface area (Å²) in [7, 11) is 3.28. The topological polar surface area (TPSA) is 83.1 Å². The molecule has 1 heterocycles. The van der Waals surface area contributed by atoms with Gasteiger partial charge in [0.25, 0.3) is 0 Å². The normalized spacial score (nSPS) is 20.4. The fourth-order valence-corrected chi connectivity index (χ4v) is 5.86. The number of hydroxylamine groups is 2. The summed E-state index contributed by atoms with van der Waals surface area (Å²) in [6.07, 6.45) is 8.17. The molecule has 2 N–H and O–H groups in total. The summed E-state index contributed by atoms with van der Waals surface area (Å²) < 4.78 is 4.97. The molecule has 1 aliphatic carbocycles. The van der Waals surface area contributed by atoms with Gasteiger partial charge in [-0.2, -0.15) is 5.06 Å². The maximum absolute atomic E-state index is 13.4. The molecule has 0 spiro atoms. The van der Waals surface area contributed by atoms with E-state index in [9.17, 15) is 9.59 Å². The van der Waals surface area contributed by atoms with E-state index in [1.807, 2.05) is 50.1 Å². The number of nitrogens with one attached hydrogen (secondary N) is 2. The molecule has 3 rings (SSSR count). The molecule has 3 amide bonds. The van der Waals surface area contributed by atoms with Gasteiger partial charge < -0.3 is 20.3 Å². The van der Waals surface area contributed by atoms with Gasteiger partial charge >= 0.3 is 12.1 Å². The number of hydrogen-bond donors (Lipinski definition) is 2. The van der Waals surface area contributed by atoms with Crippen LogP contribution in [0.1, 0.15) is 76.9 Å². The van der Waals surface area contributed by atoms with Crippen molar-refractivity contribution in [3.63, 3.8) is 0 Å². The van der Waals surface area contributed by atoms with Crippen LogP contribution < -0.4 is 10.6 Å². The molecule has 3 atom stereocenters. The zero-order valence-corrected chi connectivity index (χ0v) is 23.6. The smallest absolute Gasteiger partial charge is 0.433 e. The fraction of sp³-hybridized carbons (Fsp3) is 0.714. The molecule has 2 aliphatic rings. The second kappa shape index (κ2) is 14.8. The zero-order valence-electron chi connectivity index (χ0n) is 22.9. The predicted octanol–water partition coefficient (Wildman–Crippen LogP) is 5.77. The molecule has 208 valence electrons. The molecular formula is C28H45ClN4O4. The van der Waals surface area contributed by atoms with Gasteiger partial charge in [-0.1, -0.05) is 55.8 Å². The standard InChI is InChI=1S/C28H45ClN4O4/c1-20(2)33(28(35)36-4)37-26(22-12-8-14-24(29)17-22)23-13-9-15-32(19-23)27(34)31-25(18-30-3)16-21-10-6-5-7-11-21/h8,12,14,17,20-21,23,25-26,30H,5-7,9-11,13,15-16,18-19H2,1-4H3,(H,31,34)/t23-,25+,26+/m1/s1. The van der Waals surface area contributed by atoms with E-state index in [1.165, 1.54) is 44.3 Å². The molecule has 9 heteroatoms. The summed E-state index contributed by atoms with van der Waals surface area (Å²) in [6, 6.07) is 7.38. The van der Waals surface area contributed by atoms with Gasteiger partial charge in [0.05, 0.1) is 13.2 Å². The van der Waals surface area contributed by atoms with Gasteiger partial charge in [-0.25, -0.2) is 9.59 Å². The van der Waals surface area contributed by atoms with E-state index in [4.69, 9.17) is 21.2 Å². The molecule has 1 aromatic rings. The first kappa shape index (κ1) is 29.5. The Hall–Kier alpha value is -2.03. The largest absolute Gasteiger partial charge is 0.451 e. The molecule has 1 aromatic carbocycles. The van der Waals surface area contributed by atoms with Gasteiger partial charge in [-0.3, -0.25) is 4.84 Å². The van der Waals surface area contributed by atoms with Crippen LogP contribution in [0.2, 0.25) is 5.02 Å². The van der Waals surface area contributed by atoms with E-state index in [-0.39, 0.29) is 24.0 Å². The van der Waals surface area contributed by atoms with Gasteiger partial charge in [0, 0.05) is 36.6 Å². The van der Waals surface area contributed by atoms with E-state index in [0.717, 1.165) is 31.4 Å². The highest BCUT2D eigenvalue weighted by molar-refractivity contribution is 6.30. The molecule has 0 unspecified atom stereocenters. The molecule has 37 heavy (non-hydrogen) atoms. The average molecular weight is 537 g/mol. The predicted molar refractivity (Wildman–Crippen MR) is 146 cm³/mol. The Balaban J connectivity index is 1.73. The number of piperidine rings is 1. The Kier molecular flexibility index (Phi) is 11.8. The minimum atomic E-state index is -0.551. The summed E-state index contributed by atoms with van der Waals surface area (Å²) in [5.41, 5.74) is 0.875. The second-order valence-electron chi connectivity index (χ2n) is 10.8. The van der Waals surface area contributed by atoms with E-state index in [0.29, 0.717) is 24.0 Å². The number of carbonyl (C=O) groups excluding carboxylic acids is 2. The van der Waals surface area contributed by atoms with Gasteiger partial charge in [0.2, 0.25) is 0 Å². The Morgan fingerprint density at radius 2 is 1.92 bits per heavy atom. The molecule has 1 saturated carbocycles. The van der Waals surface area contributed by atoms with Crippen LogP contribution in [0, 0.1) is 11.8 Å². The highest BCUT2D eigenvalue weighted by atomic mass is 35.5. The maximum atomic E-state index is 13.4. The lowest BCUT2D eigenvalue weighted by atomic mass is 9.85. The summed E-state index contributed by atoms with van der Waals surface area (Å²) >= 11 is 6.32. The number of likely N-dealkylation sites (tertiary alicyclic amines) is 1. The molecule has 1 saturated heterocycles. The van der Waals surface area contributed by atoms with Crippen LogP contribution in [0.5, 0.6) is 0 Å². The Bertz CT molecular complexity index is 864. The van der Waals surface area contributed by atoms with Crippen LogP contribution in [-0.2, 0) is 9.57 Å². The van der Waals surface area contributed by atoms with E-state index >= 15 is 0 Å². The number of urea groups is 1. The van der Waals surface area contributed by atoms with Crippen molar-refractivity contribution in [3.8, 4) is 0 Å². The van der Waals surface area contributed by atoms with Crippen molar-refractivity contribution < 1.29 is 19.2 Å².